The Kier molecular flexibility index (Phi) is 5.03. The van der Waals surface area contributed by atoms with Gasteiger partial charge >= 0.3 is 0 Å². The summed E-state index contributed by atoms with van der Waals surface area (Å²) < 4.78 is 7.33. The van der Waals surface area contributed by atoms with Gasteiger partial charge in [0.2, 0.25) is 5.89 Å². The normalized spacial score (nSPS) is 12.7. The van der Waals surface area contributed by atoms with E-state index in [9.17, 15) is 0 Å². The number of rotatable bonds is 7. The molecule has 126 valence electrons. The van der Waals surface area contributed by atoms with Crippen LogP contribution in [-0.4, -0.2) is 24.9 Å². The van der Waals surface area contributed by atoms with Gasteiger partial charge in [-0.2, -0.15) is 4.98 Å². The lowest BCUT2D eigenvalue weighted by Gasteiger charge is -2.10. The highest BCUT2D eigenvalue weighted by molar-refractivity contribution is 5.32. The Bertz CT molecular complexity index is 763. The van der Waals surface area contributed by atoms with Crippen molar-refractivity contribution in [1.29, 1.82) is 0 Å². The van der Waals surface area contributed by atoms with Crippen molar-refractivity contribution in [2.75, 3.05) is 0 Å². The first kappa shape index (κ1) is 16.4. The number of nitrogens with zero attached hydrogens (tertiary/aromatic N) is 5. The van der Waals surface area contributed by atoms with Gasteiger partial charge in [0.05, 0.1) is 6.42 Å². The Labute approximate surface area is 141 Å². The quantitative estimate of drug-likeness (QED) is 0.665. The Morgan fingerprint density at radius 2 is 1.92 bits per heavy atom. The summed E-state index contributed by atoms with van der Waals surface area (Å²) >= 11 is 0. The van der Waals surface area contributed by atoms with Crippen LogP contribution in [0.3, 0.4) is 0 Å². The monoisotopic (exact) mass is 325 g/mol. The van der Waals surface area contributed by atoms with Gasteiger partial charge in [-0.1, -0.05) is 44.1 Å². The van der Waals surface area contributed by atoms with Crippen molar-refractivity contribution in [2.24, 2.45) is 11.8 Å². The van der Waals surface area contributed by atoms with E-state index < -0.39 is 0 Å². The summed E-state index contributed by atoms with van der Waals surface area (Å²) in [5, 5.41) is 12.3. The molecule has 3 aromatic rings. The lowest BCUT2D eigenvalue weighted by Crippen LogP contribution is -2.05. The van der Waals surface area contributed by atoms with Gasteiger partial charge in [0.15, 0.2) is 5.82 Å². The zero-order chi connectivity index (χ0) is 16.9. The third-order valence-corrected chi connectivity index (χ3v) is 3.88. The van der Waals surface area contributed by atoms with Crippen molar-refractivity contribution in [3.63, 3.8) is 0 Å². The maximum atomic E-state index is 5.39. The van der Waals surface area contributed by atoms with Crippen LogP contribution in [0, 0.1) is 11.8 Å². The summed E-state index contributed by atoms with van der Waals surface area (Å²) in [4.78, 5) is 4.51. The first-order chi connectivity index (χ1) is 11.6. The fourth-order valence-electron chi connectivity index (χ4n) is 2.96. The summed E-state index contributed by atoms with van der Waals surface area (Å²) in [6.45, 7) is 6.67. The minimum atomic E-state index is 0.497. The van der Waals surface area contributed by atoms with Crippen LogP contribution < -0.4 is 0 Å². The summed E-state index contributed by atoms with van der Waals surface area (Å²) in [7, 11) is 0. The summed E-state index contributed by atoms with van der Waals surface area (Å²) in [6.07, 6.45) is 4.17. The molecule has 6 heteroatoms. The molecule has 0 spiro atoms. The lowest BCUT2D eigenvalue weighted by molar-refractivity contribution is 0.337. The van der Waals surface area contributed by atoms with Crippen LogP contribution in [0.15, 0.2) is 41.2 Å². The van der Waals surface area contributed by atoms with E-state index in [2.05, 4.69) is 41.1 Å². The van der Waals surface area contributed by atoms with E-state index >= 15 is 0 Å². The highest BCUT2D eigenvalue weighted by atomic mass is 16.5. The molecule has 0 bridgehead atoms. The number of aromatic nitrogens is 5. The van der Waals surface area contributed by atoms with Crippen LogP contribution >= 0.6 is 0 Å². The van der Waals surface area contributed by atoms with E-state index in [-0.39, 0.29) is 0 Å². The van der Waals surface area contributed by atoms with Crippen molar-refractivity contribution in [3.8, 4) is 5.69 Å². The SMILES string of the molecule is CC(C)CC(C)Cc1nc(Cc2nncn2-c2ccccc2)no1. The van der Waals surface area contributed by atoms with E-state index in [0.29, 0.717) is 30.0 Å². The van der Waals surface area contributed by atoms with E-state index in [1.807, 2.05) is 34.9 Å². The zero-order valence-electron chi connectivity index (χ0n) is 14.4. The molecule has 0 aliphatic heterocycles. The van der Waals surface area contributed by atoms with Crippen LogP contribution in [0.1, 0.15) is 44.7 Å². The van der Waals surface area contributed by atoms with Crippen LogP contribution in [-0.2, 0) is 12.8 Å². The van der Waals surface area contributed by atoms with Gasteiger partial charge in [-0.25, -0.2) is 0 Å². The van der Waals surface area contributed by atoms with Gasteiger partial charge in [-0.3, -0.25) is 4.57 Å². The van der Waals surface area contributed by atoms with Gasteiger partial charge in [-0.05, 0) is 30.4 Å². The molecule has 0 aliphatic carbocycles. The summed E-state index contributed by atoms with van der Waals surface area (Å²) in [5.41, 5.74) is 1.02. The topological polar surface area (TPSA) is 69.6 Å². The Morgan fingerprint density at radius 1 is 1.12 bits per heavy atom. The molecule has 2 aromatic heterocycles. The highest BCUT2D eigenvalue weighted by Gasteiger charge is 2.15. The molecule has 0 N–H and O–H groups in total. The maximum absolute atomic E-state index is 5.39. The van der Waals surface area contributed by atoms with Crippen LogP contribution in [0.4, 0.5) is 0 Å². The summed E-state index contributed by atoms with van der Waals surface area (Å²) in [6, 6.07) is 9.99. The molecule has 0 aliphatic rings. The molecule has 3 rings (SSSR count). The molecule has 6 nitrogen and oxygen atoms in total. The Morgan fingerprint density at radius 3 is 2.67 bits per heavy atom. The maximum Gasteiger partial charge on any atom is 0.226 e. The molecule has 1 atom stereocenters. The average molecular weight is 325 g/mol. The Hall–Kier alpha value is -2.50. The van der Waals surface area contributed by atoms with Crippen LogP contribution in [0.2, 0.25) is 0 Å². The molecule has 0 fully saturated rings. The molecule has 2 heterocycles. The summed E-state index contributed by atoms with van der Waals surface area (Å²) in [5.74, 6) is 3.35. The molecular formula is C18H23N5O. The first-order valence-corrected chi connectivity index (χ1v) is 8.37. The van der Waals surface area contributed by atoms with E-state index in [4.69, 9.17) is 4.52 Å². The largest absolute Gasteiger partial charge is 0.339 e. The number of hydrogen-bond acceptors (Lipinski definition) is 5. The lowest BCUT2D eigenvalue weighted by atomic mass is 9.96. The standard InChI is InChI=1S/C18H23N5O/c1-13(2)9-14(3)10-18-20-16(22-24-18)11-17-21-19-12-23(17)15-7-5-4-6-8-15/h4-8,12-14H,9-11H2,1-3H3. The predicted octanol–water partition coefficient (Wildman–Crippen LogP) is 3.47. The molecule has 0 saturated carbocycles. The molecule has 0 radical (unpaired) electrons. The third kappa shape index (κ3) is 4.07. The van der Waals surface area contributed by atoms with Gasteiger partial charge in [0.1, 0.15) is 12.2 Å². The van der Waals surface area contributed by atoms with E-state index in [1.165, 1.54) is 0 Å². The third-order valence-electron chi connectivity index (χ3n) is 3.88. The van der Waals surface area contributed by atoms with Crippen LogP contribution in [0.25, 0.3) is 5.69 Å². The zero-order valence-corrected chi connectivity index (χ0v) is 14.4. The highest BCUT2D eigenvalue weighted by Crippen LogP contribution is 2.17. The second-order valence-electron chi connectivity index (χ2n) is 6.67. The molecule has 1 aromatic carbocycles. The molecular weight excluding hydrogens is 302 g/mol. The van der Waals surface area contributed by atoms with Crippen molar-refractivity contribution in [1.82, 2.24) is 24.9 Å². The second-order valence-corrected chi connectivity index (χ2v) is 6.67. The Balaban J connectivity index is 1.69. The van der Waals surface area contributed by atoms with Gasteiger partial charge < -0.3 is 4.52 Å². The average Bonchev–Trinajstić information content (AvgIpc) is 3.17. The van der Waals surface area contributed by atoms with E-state index in [1.54, 1.807) is 6.33 Å². The minimum absolute atomic E-state index is 0.497. The molecule has 0 amide bonds. The minimum Gasteiger partial charge on any atom is -0.339 e. The fourth-order valence-corrected chi connectivity index (χ4v) is 2.96. The van der Waals surface area contributed by atoms with Crippen molar-refractivity contribution < 1.29 is 4.52 Å². The van der Waals surface area contributed by atoms with Gasteiger partial charge in [0, 0.05) is 12.1 Å². The second kappa shape index (κ2) is 7.38. The smallest absolute Gasteiger partial charge is 0.226 e. The number of para-hydroxylation sites is 1. The van der Waals surface area contributed by atoms with Crippen molar-refractivity contribution in [2.45, 2.75) is 40.0 Å². The predicted molar refractivity (Wildman–Crippen MR) is 90.8 cm³/mol. The van der Waals surface area contributed by atoms with Crippen molar-refractivity contribution >= 4 is 0 Å². The first-order valence-electron chi connectivity index (χ1n) is 8.37. The molecule has 1 unspecified atom stereocenters. The number of benzene rings is 1. The van der Waals surface area contributed by atoms with Gasteiger partial charge in [-0.15, -0.1) is 10.2 Å². The van der Waals surface area contributed by atoms with Crippen LogP contribution in [0.5, 0.6) is 0 Å². The number of hydrogen-bond donors (Lipinski definition) is 0. The molecule has 24 heavy (non-hydrogen) atoms. The van der Waals surface area contributed by atoms with E-state index in [0.717, 1.165) is 24.4 Å². The molecule has 0 saturated heterocycles. The van der Waals surface area contributed by atoms with Crippen molar-refractivity contribution in [3.05, 3.63) is 54.2 Å². The fraction of sp³-hybridized carbons (Fsp3) is 0.444. The van der Waals surface area contributed by atoms with Gasteiger partial charge in [0.25, 0.3) is 0 Å².